The van der Waals surface area contributed by atoms with Gasteiger partial charge in [-0.1, -0.05) is 31.5 Å². The predicted molar refractivity (Wildman–Crippen MR) is 62.2 cm³/mol. The maximum atomic E-state index is 6.11. The molecule has 0 aliphatic carbocycles. The average Bonchev–Trinajstić information content (AvgIpc) is 2.18. The summed E-state index contributed by atoms with van der Waals surface area (Å²) in [6.45, 7) is 5.38. The molecule has 2 nitrogen and oxygen atoms in total. The van der Waals surface area contributed by atoms with Gasteiger partial charge in [-0.05, 0) is 18.1 Å². The highest BCUT2D eigenvalue weighted by molar-refractivity contribution is 6.34. The van der Waals surface area contributed by atoms with Crippen molar-refractivity contribution in [2.45, 2.75) is 19.9 Å². The molecule has 2 rings (SSSR count). The van der Waals surface area contributed by atoms with E-state index >= 15 is 0 Å². The normalized spacial score (nSPS) is 19.9. The van der Waals surface area contributed by atoms with E-state index in [-0.39, 0.29) is 0 Å². The third kappa shape index (κ3) is 1.67. The molecular formula is C11H15ClN2. The number of halogens is 1. The van der Waals surface area contributed by atoms with Crippen LogP contribution in [0.4, 0.5) is 11.4 Å². The molecule has 1 aromatic carbocycles. The number of fused-ring (bicyclic) bond motifs is 1. The first kappa shape index (κ1) is 9.66. The van der Waals surface area contributed by atoms with Gasteiger partial charge in [-0.3, -0.25) is 0 Å². The highest BCUT2D eigenvalue weighted by Gasteiger charge is 2.20. The van der Waals surface area contributed by atoms with Crippen LogP contribution in [0.25, 0.3) is 0 Å². The van der Waals surface area contributed by atoms with Crippen LogP contribution < -0.4 is 10.6 Å². The van der Waals surface area contributed by atoms with Crippen molar-refractivity contribution >= 4 is 23.0 Å². The Bertz CT molecular complexity index is 336. The second kappa shape index (κ2) is 3.70. The Balaban J connectivity index is 2.29. The second-order valence-electron chi connectivity index (χ2n) is 4.04. The standard InChI is InChI=1S/C11H15ClN2/c1-7(2)10-6-13-9-5-3-4-8(12)11(9)14-10/h3-5,7,10,13-14H,6H2,1-2H3. The zero-order chi connectivity index (χ0) is 10.1. The van der Waals surface area contributed by atoms with E-state index in [2.05, 4.69) is 24.5 Å². The molecule has 0 radical (unpaired) electrons. The Morgan fingerprint density at radius 1 is 1.43 bits per heavy atom. The average molecular weight is 211 g/mol. The third-order valence-electron chi connectivity index (χ3n) is 2.66. The summed E-state index contributed by atoms with van der Waals surface area (Å²) < 4.78 is 0. The quantitative estimate of drug-likeness (QED) is 0.744. The fourth-order valence-corrected chi connectivity index (χ4v) is 1.91. The largest absolute Gasteiger partial charge is 0.381 e. The van der Waals surface area contributed by atoms with E-state index in [1.54, 1.807) is 0 Å². The summed E-state index contributed by atoms with van der Waals surface area (Å²) in [6.07, 6.45) is 0. The minimum Gasteiger partial charge on any atom is -0.381 e. The van der Waals surface area contributed by atoms with E-state index in [1.807, 2.05) is 18.2 Å². The monoisotopic (exact) mass is 210 g/mol. The number of benzene rings is 1. The Hall–Kier alpha value is -0.890. The highest BCUT2D eigenvalue weighted by Crippen LogP contribution is 2.34. The molecule has 1 aliphatic rings. The molecule has 0 aromatic heterocycles. The molecule has 1 atom stereocenters. The molecule has 0 spiro atoms. The first-order chi connectivity index (χ1) is 6.68. The van der Waals surface area contributed by atoms with Gasteiger partial charge < -0.3 is 10.6 Å². The summed E-state index contributed by atoms with van der Waals surface area (Å²) in [5.41, 5.74) is 2.15. The van der Waals surface area contributed by atoms with Crippen molar-refractivity contribution in [2.24, 2.45) is 5.92 Å². The molecule has 14 heavy (non-hydrogen) atoms. The lowest BCUT2D eigenvalue weighted by Gasteiger charge is -2.31. The Morgan fingerprint density at radius 2 is 2.21 bits per heavy atom. The number of nitrogens with one attached hydrogen (secondary N) is 2. The summed E-state index contributed by atoms with van der Waals surface area (Å²) in [5, 5.41) is 7.65. The third-order valence-corrected chi connectivity index (χ3v) is 2.98. The van der Waals surface area contributed by atoms with Gasteiger partial charge in [-0.15, -0.1) is 0 Å². The Kier molecular flexibility index (Phi) is 2.55. The molecule has 0 saturated carbocycles. The number of para-hydroxylation sites is 1. The van der Waals surface area contributed by atoms with Crippen LogP contribution in [0.1, 0.15) is 13.8 Å². The predicted octanol–water partition coefficient (Wildman–Crippen LogP) is 3.20. The zero-order valence-corrected chi connectivity index (χ0v) is 9.23. The van der Waals surface area contributed by atoms with Crippen LogP contribution in [0, 0.1) is 5.92 Å². The number of anilines is 2. The van der Waals surface area contributed by atoms with Crippen molar-refractivity contribution < 1.29 is 0 Å². The molecule has 76 valence electrons. The molecule has 0 bridgehead atoms. The van der Waals surface area contributed by atoms with Gasteiger partial charge in [0.1, 0.15) is 0 Å². The molecule has 2 N–H and O–H groups in total. The van der Waals surface area contributed by atoms with Gasteiger partial charge in [0.2, 0.25) is 0 Å². The number of hydrogen-bond acceptors (Lipinski definition) is 2. The number of hydrogen-bond donors (Lipinski definition) is 2. The first-order valence-electron chi connectivity index (χ1n) is 4.97. The van der Waals surface area contributed by atoms with Gasteiger partial charge in [-0.25, -0.2) is 0 Å². The van der Waals surface area contributed by atoms with Gasteiger partial charge in [0, 0.05) is 12.6 Å². The van der Waals surface area contributed by atoms with Crippen LogP contribution >= 0.6 is 11.6 Å². The minimum atomic E-state index is 0.461. The summed E-state index contributed by atoms with van der Waals surface area (Å²) in [5.74, 6) is 0.604. The summed E-state index contributed by atoms with van der Waals surface area (Å²) in [4.78, 5) is 0. The van der Waals surface area contributed by atoms with Crippen LogP contribution in [0.5, 0.6) is 0 Å². The van der Waals surface area contributed by atoms with Gasteiger partial charge in [-0.2, -0.15) is 0 Å². The van der Waals surface area contributed by atoms with Crippen LogP contribution in [-0.2, 0) is 0 Å². The maximum absolute atomic E-state index is 6.11. The van der Waals surface area contributed by atoms with E-state index in [0.29, 0.717) is 12.0 Å². The maximum Gasteiger partial charge on any atom is 0.0768 e. The molecule has 3 heteroatoms. The van der Waals surface area contributed by atoms with Gasteiger partial charge in [0.15, 0.2) is 0 Å². The van der Waals surface area contributed by atoms with Crippen molar-refractivity contribution in [1.82, 2.24) is 0 Å². The molecule has 0 saturated heterocycles. The fourth-order valence-electron chi connectivity index (χ4n) is 1.68. The summed E-state index contributed by atoms with van der Waals surface area (Å²) >= 11 is 6.11. The van der Waals surface area contributed by atoms with E-state index in [9.17, 15) is 0 Å². The van der Waals surface area contributed by atoms with Crippen LogP contribution in [0.15, 0.2) is 18.2 Å². The van der Waals surface area contributed by atoms with Crippen molar-refractivity contribution in [3.8, 4) is 0 Å². The fraction of sp³-hybridized carbons (Fsp3) is 0.455. The van der Waals surface area contributed by atoms with Crippen molar-refractivity contribution in [3.05, 3.63) is 23.2 Å². The lowest BCUT2D eigenvalue weighted by Crippen LogP contribution is -2.37. The SMILES string of the molecule is CC(C)C1CNc2cccc(Cl)c2N1. The van der Waals surface area contributed by atoms with E-state index < -0.39 is 0 Å². The van der Waals surface area contributed by atoms with Gasteiger partial charge in [0.05, 0.1) is 16.4 Å². The van der Waals surface area contributed by atoms with Gasteiger partial charge in [0.25, 0.3) is 0 Å². The summed E-state index contributed by atoms with van der Waals surface area (Å²) in [7, 11) is 0. The lowest BCUT2D eigenvalue weighted by molar-refractivity contribution is 0.536. The van der Waals surface area contributed by atoms with Crippen LogP contribution in [-0.4, -0.2) is 12.6 Å². The van der Waals surface area contributed by atoms with Crippen molar-refractivity contribution in [3.63, 3.8) is 0 Å². The molecule has 1 heterocycles. The van der Waals surface area contributed by atoms with Gasteiger partial charge >= 0.3 is 0 Å². The smallest absolute Gasteiger partial charge is 0.0768 e. The Labute approximate surface area is 89.7 Å². The molecular weight excluding hydrogens is 196 g/mol. The van der Waals surface area contributed by atoms with E-state index in [0.717, 1.165) is 22.9 Å². The minimum absolute atomic E-state index is 0.461. The molecule has 1 unspecified atom stereocenters. The lowest BCUT2D eigenvalue weighted by atomic mass is 10.0. The first-order valence-corrected chi connectivity index (χ1v) is 5.35. The Morgan fingerprint density at radius 3 is 2.93 bits per heavy atom. The molecule has 1 aliphatic heterocycles. The van der Waals surface area contributed by atoms with Crippen molar-refractivity contribution in [1.29, 1.82) is 0 Å². The molecule has 0 amide bonds. The van der Waals surface area contributed by atoms with E-state index in [4.69, 9.17) is 11.6 Å². The second-order valence-corrected chi connectivity index (χ2v) is 4.45. The van der Waals surface area contributed by atoms with Crippen molar-refractivity contribution in [2.75, 3.05) is 17.2 Å². The topological polar surface area (TPSA) is 24.1 Å². The van der Waals surface area contributed by atoms with Crippen LogP contribution in [0.2, 0.25) is 5.02 Å². The molecule has 1 aromatic rings. The van der Waals surface area contributed by atoms with Crippen LogP contribution in [0.3, 0.4) is 0 Å². The highest BCUT2D eigenvalue weighted by atomic mass is 35.5. The zero-order valence-electron chi connectivity index (χ0n) is 8.47. The van der Waals surface area contributed by atoms with E-state index in [1.165, 1.54) is 0 Å². The number of rotatable bonds is 1. The summed E-state index contributed by atoms with van der Waals surface area (Å²) in [6, 6.07) is 6.39. The molecule has 0 fully saturated rings.